The van der Waals surface area contributed by atoms with Crippen molar-refractivity contribution in [3.63, 3.8) is 0 Å². The van der Waals surface area contributed by atoms with Crippen molar-refractivity contribution in [2.75, 3.05) is 19.6 Å². The van der Waals surface area contributed by atoms with Crippen molar-refractivity contribution in [1.82, 2.24) is 4.90 Å². The minimum absolute atomic E-state index is 0.380. The van der Waals surface area contributed by atoms with Gasteiger partial charge in [0, 0.05) is 25.4 Å². The molecule has 2 atom stereocenters. The smallest absolute Gasteiger partial charge is 0.137 e. The Labute approximate surface area is 93.0 Å². The monoisotopic (exact) mass is 209 g/mol. The fourth-order valence-corrected chi connectivity index (χ4v) is 3.12. The van der Waals surface area contributed by atoms with E-state index in [0.717, 1.165) is 31.7 Å². The maximum Gasteiger partial charge on any atom is 0.137 e. The van der Waals surface area contributed by atoms with E-state index < -0.39 is 0 Å². The van der Waals surface area contributed by atoms with Gasteiger partial charge in [-0.3, -0.25) is 4.79 Å². The molecule has 2 aliphatic rings. The Balaban J connectivity index is 1.74. The standard InChI is InChI=1S/C13H23NO/c1-2-4-11-7-8-14(9-11)10-12-5-3-6-13(12)15/h11-12H,2-10H2,1H3. The van der Waals surface area contributed by atoms with Crippen molar-refractivity contribution < 1.29 is 4.79 Å². The highest BCUT2D eigenvalue weighted by Crippen LogP contribution is 2.26. The summed E-state index contributed by atoms with van der Waals surface area (Å²) >= 11 is 0. The van der Waals surface area contributed by atoms with Gasteiger partial charge in [0.15, 0.2) is 0 Å². The first-order chi connectivity index (χ1) is 7.29. The first-order valence-corrected chi connectivity index (χ1v) is 6.54. The van der Waals surface area contributed by atoms with Crippen LogP contribution in [0.4, 0.5) is 0 Å². The van der Waals surface area contributed by atoms with E-state index in [-0.39, 0.29) is 0 Å². The number of carbonyl (C=O) groups excluding carboxylic acids is 1. The summed E-state index contributed by atoms with van der Waals surface area (Å²) in [4.78, 5) is 14.1. The number of rotatable bonds is 4. The van der Waals surface area contributed by atoms with Gasteiger partial charge in [0.1, 0.15) is 5.78 Å². The van der Waals surface area contributed by atoms with Gasteiger partial charge < -0.3 is 4.90 Å². The SMILES string of the molecule is CCCC1CCN(CC2CCCC2=O)C1. The number of carbonyl (C=O) groups is 1. The second kappa shape index (κ2) is 5.11. The molecule has 1 saturated heterocycles. The molecule has 0 aromatic heterocycles. The molecule has 0 bridgehead atoms. The van der Waals surface area contributed by atoms with Gasteiger partial charge in [-0.1, -0.05) is 13.3 Å². The van der Waals surface area contributed by atoms with Crippen LogP contribution in [-0.4, -0.2) is 30.3 Å². The predicted octanol–water partition coefficient (Wildman–Crippen LogP) is 2.48. The lowest BCUT2D eigenvalue weighted by molar-refractivity contribution is -0.121. The average Bonchev–Trinajstić information content (AvgIpc) is 2.79. The number of hydrogen-bond donors (Lipinski definition) is 0. The molecule has 1 aliphatic heterocycles. The van der Waals surface area contributed by atoms with Crippen LogP contribution in [-0.2, 0) is 4.79 Å². The fourth-order valence-electron chi connectivity index (χ4n) is 3.12. The van der Waals surface area contributed by atoms with E-state index >= 15 is 0 Å². The number of likely N-dealkylation sites (tertiary alicyclic amines) is 1. The fraction of sp³-hybridized carbons (Fsp3) is 0.923. The first-order valence-electron chi connectivity index (χ1n) is 6.54. The van der Waals surface area contributed by atoms with Crippen LogP contribution in [0.1, 0.15) is 45.4 Å². The summed E-state index contributed by atoms with van der Waals surface area (Å²) < 4.78 is 0. The number of ketones is 1. The molecule has 2 fully saturated rings. The van der Waals surface area contributed by atoms with Gasteiger partial charge in [0.2, 0.25) is 0 Å². The van der Waals surface area contributed by atoms with E-state index in [1.165, 1.54) is 32.4 Å². The van der Waals surface area contributed by atoms with Gasteiger partial charge in [0.25, 0.3) is 0 Å². The van der Waals surface area contributed by atoms with Crippen molar-refractivity contribution in [3.8, 4) is 0 Å². The van der Waals surface area contributed by atoms with Crippen LogP contribution in [0.3, 0.4) is 0 Å². The van der Waals surface area contributed by atoms with Gasteiger partial charge in [-0.05, 0) is 38.1 Å². The molecule has 0 amide bonds. The van der Waals surface area contributed by atoms with E-state index in [9.17, 15) is 4.79 Å². The van der Waals surface area contributed by atoms with Crippen LogP contribution in [0, 0.1) is 11.8 Å². The lowest BCUT2D eigenvalue weighted by Crippen LogP contribution is -2.29. The molecule has 15 heavy (non-hydrogen) atoms. The van der Waals surface area contributed by atoms with Crippen molar-refractivity contribution in [2.24, 2.45) is 11.8 Å². The Bertz CT molecular complexity index is 227. The molecule has 0 spiro atoms. The summed E-state index contributed by atoms with van der Waals surface area (Å²) in [7, 11) is 0. The lowest BCUT2D eigenvalue weighted by atomic mass is 10.0. The van der Waals surface area contributed by atoms with Gasteiger partial charge in [0.05, 0.1) is 0 Å². The molecule has 1 saturated carbocycles. The summed E-state index contributed by atoms with van der Waals surface area (Å²) in [5.74, 6) is 1.81. The Morgan fingerprint density at radius 1 is 1.40 bits per heavy atom. The summed E-state index contributed by atoms with van der Waals surface area (Å²) in [5, 5.41) is 0. The summed E-state index contributed by atoms with van der Waals surface area (Å²) in [6, 6.07) is 0. The van der Waals surface area contributed by atoms with Gasteiger partial charge >= 0.3 is 0 Å². The number of nitrogens with zero attached hydrogens (tertiary/aromatic N) is 1. The zero-order valence-corrected chi connectivity index (χ0v) is 9.87. The second-order valence-electron chi connectivity index (χ2n) is 5.26. The zero-order chi connectivity index (χ0) is 10.7. The Kier molecular flexibility index (Phi) is 3.79. The highest BCUT2D eigenvalue weighted by atomic mass is 16.1. The van der Waals surface area contributed by atoms with Crippen molar-refractivity contribution >= 4 is 5.78 Å². The van der Waals surface area contributed by atoms with Crippen LogP contribution >= 0.6 is 0 Å². The molecular formula is C13H23NO. The minimum Gasteiger partial charge on any atom is -0.302 e. The van der Waals surface area contributed by atoms with Crippen molar-refractivity contribution in [2.45, 2.75) is 45.4 Å². The largest absolute Gasteiger partial charge is 0.302 e. The molecule has 1 aliphatic carbocycles. The summed E-state index contributed by atoms with van der Waals surface area (Å²) in [6.45, 7) is 5.80. The van der Waals surface area contributed by atoms with Gasteiger partial charge in [-0.2, -0.15) is 0 Å². The molecule has 2 unspecified atom stereocenters. The van der Waals surface area contributed by atoms with Crippen LogP contribution in [0.15, 0.2) is 0 Å². The van der Waals surface area contributed by atoms with E-state index in [1.54, 1.807) is 0 Å². The number of Topliss-reactive ketones (excluding diaryl/α,β-unsaturated/α-hetero) is 1. The molecule has 2 heteroatoms. The van der Waals surface area contributed by atoms with E-state index in [0.29, 0.717) is 11.7 Å². The number of hydrogen-bond acceptors (Lipinski definition) is 2. The topological polar surface area (TPSA) is 20.3 Å². The molecular weight excluding hydrogens is 186 g/mol. The highest BCUT2D eigenvalue weighted by Gasteiger charge is 2.29. The maximum absolute atomic E-state index is 11.5. The maximum atomic E-state index is 11.5. The molecule has 0 aromatic rings. The molecule has 86 valence electrons. The second-order valence-corrected chi connectivity index (χ2v) is 5.26. The van der Waals surface area contributed by atoms with E-state index in [4.69, 9.17) is 0 Å². The third kappa shape index (κ3) is 2.81. The Morgan fingerprint density at radius 3 is 2.93 bits per heavy atom. The van der Waals surface area contributed by atoms with Crippen LogP contribution in [0.25, 0.3) is 0 Å². The van der Waals surface area contributed by atoms with Crippen molar-refractivity contribution in [3.05, 3.63) is 0 Å². The van der Waals surface area contributed by atoms with Crippen molar-refractivity contribution in [1.29, 1.82) is 0 Å². The minimum atomic E-state index is 0.380. The molecule has 2 rings (SSSR count). The molecule has 0 radical (unpaired) electrons. The van der Waals surface area contributed by atoms with Gasteiger partial charge in [-0.25, -0.2) is 0 Å². The highest BCUT2D eigenvalue weighted by molar-refractivity contribution is 5.83. The molecule has 0 N–H and O–H groups in total. The molecule has 2 nitrogen and oxygen atoms in total. The normalized spacial score (nSPS) is 32.7. The lowest BCUT2D eigenvalue weighted by Gasteiger charge is -2.19. The Morgan fingerprint density at radius 2 is 2.27 bits per heavy atom. The van der Waals surface area contributed by atoms with E-state index in [2.05, 4.69) is 11.8 Å². The van der Waals surface area contributed by atoms with E-state index in [1.807, 2.05) is 0 Å². The zero-order valence-electron chi connectivity index (χ0n) is 9.87. The van der Waals surface area contributed by atoms with Crippen LogP contribution in [0.5, 0.6) is 0 Å². The first kappa shape index (κ1) is 11.1. The van der Waals surface area contributed by atoms with Crippen LogP contribution in [0.2, 0.25) is 0 Å². The third-order valence-electron chi connectivity index (χ3n) is 3.98. The Hall–Kier alpha value is -0.370. The summed E-state index contributed by atoms with van der Waals surface area (Å²) in [6.07, 6.45) is 7.16. The predicted molar refractivity (Wildman–Crippen MR) is 61.8 cm³/mol. The average molecular weight is 209 g/mol. The van der Waals surface area contributed by atoms with Gasteiger partial charge in [-0.15, -0.1) is 0 Å². The third-order valence-corrected chi connectivity index (χ3v) is 3.98. The molecule has 1 heterocycles. The summed E-state index contributed by atoms with van der Waals surface area (Å²) in [5.41, 5.74) is 0. The molecule has 0 aromatic carbocycles. The van der Waals surface area contributed by atoms with Crippen LogP contribution < -0.4 is 0 Å². The quantitative estimate of drug-likeness (QED) is 0.709.